The number of ether oxygens (including phenoxy) is 2. The second kappa shape index (κ2) is 7.31. The molecule has 22 heavy (non-hydrogen) atoms. The van der Waals surface area contributed by atoms with Crippen LogP contribution in [0.15, 0.2) is 42.6 Å². The number of carbonyl (C=O) groups is 1. The fourth-order valence-electron chi connectivity index (χ4n) is 1.89. The van der Waals surface area contributed by atoms with Gasteiger partial charge in [0.15, 0.2) is 0 Å². The minimum absolute atomic E-state index is 0.166. The van der Waals surface area contributed by atoms with E-state index in [0.29, 0.717) is 17.3 Å². The zero-order chi connectivity index (χ0) is 15.9. The zero-order valence-corrected chi connectivity index (χ0v) is 12.8. The summed E-state index contributed by atoms with van der Waals surface area (Å²) in [6.07, 6.45) is 1.62. The Morgan fingerprint density at radius 1 is 1.14 bits per heavy atom. The molecule has 0 radical (unpaired) electrons. The number of amides is 1. The number of benzene rings is 1. The van der Waals surface area contributed by atoms with Crippen LogP contribution in [-0.4, -0.2) is 31.2 Å². The smallest absolute Gasteiger partial charge is 0.246 e. The lowest BCUT2D eigenvalue weighted by molar-refractivity contribution is -0.116. The lowest BCUT2D eigenvalue weighted by Crippen LogP contribution is -2.32. The molecule has 1 atom stereocenters. The molecule has 2 rings (SSSR count). The van der Waals surface area contributed by atoms with Crippen molar-refractivity contribution in [2.45, 2.75) is 13.0 Å². The number of para-hydroxylation sites is 2. The number of nitrogens with one attached hydrogen (secondary N) is 2. The van der Waals surface area contributed by atoms with Gasteiger partial charge in [0.2, 0.25) is 11.8 Å². The number of aromatic nitrogens is 1. The summed E-state index contributed by atoms with van der Waals surface area (Å²) in [5.74, 6) is 0.978. The number of rotatable bonds is 6. The summed E-state index contributed by atoms with van der Waals surface area (Å²) < 4.78 is 10.2. The van der Waals surface area contributed by atoms with Crippen molar-refractivity contribution in [2.24, 2.45) is 0 Å². The number of hydrogen-bond donors (Lipinski definition) is 2. The number of pyridine rings is 1. The van der Waals surface area contributed by atoms with Crippen molar-refractivity contribution in [3.8, 4) is 11.6 Å². The van der Waals surface area contributed by atoms with Gasteiger partial charge in [-0.1, -0.05) is 12.1 Å². The summed E-state index contributed by atoms with van der Waals surface area (Å²) in [6.45, 7) is 1.77. The number of carbonyl (C=O) groups excluding carboxylic acids is 1. The van der Waals surface area contributed by atoms with Crippen LogP contribution in [0.5, 0.6) is 11.6 Å². The first-order chi connectivity index (χ1) is 10.6. The van der Waals surface area contributed by atoms with Gasteiger partial charge in [0.25, 0.3) is 0 Å². The molecular weight excluding hydrogens is 282 g/mol. The summed E-state index contributed by atoms with van der Waals surface area (Å²) in [6, 6.07) is 10.4. The van der Waals surface area contributed by atoms with E-state index in [1.54, 1.807) is 51.6 Å². The molecule has 1 aromatic heterocycles. The standard InChI is InChI=1S/C16H19N3O3/c1-11(18-12-8-9-15(22-3)17-10-12)16(20)19-13-6-4-5-7-14(13)21-2/h4-11,18H,1-3H3,(H,19,20)/t11-/m0/s1. The van der Waals surface area contributed by atoms with Gasteiger partial charge in [-0.3, -0.25) is 4.79 Å². The van der Waals surface area contributed by atoms with E-state index in [1.165, 1.54) is 0 Å². The minimum atomic E-state index is -0.430. The molecule has 0 spiro atoms. The molecule has 0 unspecified atom stereocenters. The molecule has 6 heteroatoms. The topological polar surface area (TPSA) is 72.5 Å². The predicted molar refractivity (Wildman–Crippen MR) is 85.5 cm³/mol. The van der Waals surface area contributed by atoms with Gasteiger partial charge < -0.3 is 20.1 Å². The van der Waals surface area contributed by atoms with Crippen molar-refractivity contribution in [3.05, 3.63) is 42.6 Å². The third-order valence-electron chi connectivity index (χ3n) is 3.09. The van der Waals surface area contributed by atoms with Gasteiger partial charge in [0.1, 0.15) is 11.8 Å². The van der Waals surface area contributed by atoms with Crippen LogP contribution in [0.3, 0.4) is 0 Å². The number of anilines is 2. The molecule has 0 saturated carbocycles. The van der Waals surface area contributed by atoms with Crippen LogP contribution in [0, 0.1) is 0 Å². The van der Waals surface area contributed by atoms with Gasteiger partial charge >= 0.3 is 0 Å². The lowest BCUT2D eigenvalue weighted by Gasteiger charge is -2.16. The normalized spacial score (nSPS) is 11.4. The number of hydrogen-bond acceptors (Lipinski definition) is 5. The predicted octanol–water partition coefficient (Wildman–Crippen LogP) is 2.54. The highest BCUT2D eigenvalue weighted by atomic mass is 16.5. The van der Waals surface area contributed by atoms with Gasteiger partial charge in [-0.05, 0) is 25.1 Å². The maximum Gasteiger partial charge on any atom is 0.246 e. The van der Waals surface area contributed by atoms with E-state index in [4.69, 9.17) is 9.47 Å². The molecule has 2 aromatic rings. The fraction of sp³-hybridized carbons (Fsp3) is 0.250. The van der Waals surface area contributed by atoms with Gasteiger partial charge in [0.05, 0.1) is 31.8 Å². The molecule has 1 amide bonds. The first-order valence-corrected chi connectivity index (χ1v) is 6.84. The first kappa shape index (κ1) is 15.6. The molecule has 0 aliphatic rings. The van der Waals surface area contributed by atoms with Crippen molar-refractivity contribution in [3.63, 3.8) is 0 Å². The molecule has 0 bridgehead atoms. The zero-order valence-electron chi connectivity index (χ0n) is 12.8. The average Bonchev–Trinajstić information content (AvgIpc) is 2.56. The number of methoxy groups -OCH3 is 2. The van der Waals surface area contributed by atoms with E-state index < -0.39 is 6.04 Å². The Labute approximate surface area is 129 Å². The average molecular weight is 301 g/mol. The van der Waals surface area contributed by atoms with Crippen LogP contribution in [-0.2, 0) is 4.79 Å². The van der Waals surface area contributed by atoms with E-state index in [2.05, 4.69) is 15.6 Å². The van der Waals surface area contributed by atoms with E-state index >= 15 is 0 Å². The van der Waals surface area contributed by atoms with Gasteiger partial charge in [-0.2, -0.15) is 0 Å². The van der Waals surface area contributed by atoms with Crippen LogP contribution in [0.25, 0.3) is 0 Å². The van der Waals surface area contributed by atoms with Crippen LogP contribution in [0.2, 0.25) is 0 Å². The third kappa shape index (κ3) is 3.88. The third-order valence-corrected chi connectivity index (χ3v) is 3.09. The van der Waals surface area contributed by atoms with Crippen LogP contribution in [0.1, 0.15) is 6.92 Å². The van der Waals surface area contributed by atoms with E-state index in [-0.39, 0.29) is 5.91 Å². The Morgan fingerprint density at radius 2 is 1.91 bits per heavy atom. The molecule has 6 nitrogen and oxygen atoms in total. The van der Waals surface area contributed by atoms with Crippen molar-refractivity contribution >= 4 is 17.3 Å². The quantitative estimate of drug-likeness (QED) is 0.858. The van der Waals surface area contributed by atoms with E-state index in [1.807, 2.05) is 12.1 Å². The Bertz CT molecular complexity index is 629. The Kier molecular flexibility index (Phi) is 5.19. The first-order valence-electron chi connectivity index (χ1n) is 6.84. The van der Waals surface area contributed by atoms with Crippen molar-refractivity contribution in [1.29, 1.82) is 0 Å². The molecule has 0 aliphatic heterocycles. The van der Waals surface area contributed by atoms with E-state index in [0.717, 1.165) is 5.69 Å². The minimum Gasteiger partial charge on any atom is -0.495 e. The second-order valence-electron chi connectivity index (χ2n) is 4.64. The highest BCUT2D eigenvalue weighted by molar-refractivity contribution is 5.97. The molecule has 0 saturated heterocycles. The molecule has 1 aromatic carbocycles. The van der Waals surface area contributed by atoms with E-state index in [9.17, 15) is 4.79 Å². The molecule has 2 N–H and O–H groups in total. The summed E-state index contributed by atoms with van der Waals surface area (Å²) in [5, 5.41) is 5.91. The second-order valence-corrected chi connectivity index (χ2v) is 4.64. The molecule has 116 valence electrons. The monoisotopic (exact) mass is 301 g/mol. The highest BCUT2D eigenvalue weighted by Gasteiger charge is 2.14. The summed E-state index contributed by atoms with van der Waals surface area (Å²) >= 11 is 0. The van der Waals surface area contributed by atoms with Gasteiger partial charge in [0, 0.05) is 6.07 Å². The van der Waals surface area contributed by atoms with Crippen molar-refractivity contribution in [2.75, 3.05) is 24.9 Å². The van der Waals surface area contributed by atoms with Crippen molar-refractivity contribution < 1.29 is 14.3 Å². The van der Waals surface area contributed by atoms with Gasteiger partial charge in [-0.25, -0.2) is 4.98 Å². The molecule has 1 heterocycles. The lowest BCUT2D eigenvalue weighted by atomic mass is 10.2. The number of nitrogens with zero attached hydrogens (tertiary/aromatic N) is 1. The molecule has 0 fully saturated rings. The summed E-state index contributed by atoms with van der Waals surface area (Å²) in [4.78, 5) is 16.3. The Morgan fingerprint density at radius 3 is 2.55 bits per heavy atom. The molecular formula is C16H19N3O3. The van der Waals surface area contributed by atoms with Crippen LogP contribution < -0.4 is 20.1 Å². The SMILES string of the molecule is COc1ccc(N[C@@H](C)C(=O)Nc2ccccc2OC)cn1. The highest BCUT2D eigenvalue weighted by Crippen LogP contribution is 2.23. The van der Waals surface area contributed by atoms with Gasteiger partial charge in [-0.15, -0.1) is 0 Å². The maximum absolute atomic E-state index is 12.2. The summed E-state index contributed by atoms with van der Waals surface area (Å²) in [7, 11) is 3.12. The fourth-order valence-corrected chi connectivity index (χ4v) is 1.89. The maximum atomic E-state index is 12.2. The Hall–Kier alpha value is -2.76. The largest absolute Gasteiger partial charge is 0.495 e. The Balaban J connectivity index is 1.99. The summed E-state index contributed by atoms with van der Waals surface area (Å²) in [5.41, 5.74) is 1.37. The van der Waals surface area contributed by atoms with Crippen LogP contribution >= 0.6 is 0 Å². The molecule has 0 aliphatic carbocycles. The van der Waals surface area contributed by atoms with Crippen molar-refractivity contribution in [1.82, 2.24) is 4.98 Å². The van der Waals surface area contributed by atoms with Crippen LogP contribution in [0.4, 0.5) is 11.4 Å².